The molecule has 9 nitrogen and oxygen atoms in total. The molecule has 35 heavy (non-hydrogen) atoms. The van der Waals surface area contributed by atoms with E-state index in [9.17, 15) is 18.7 Å². The molecule has 4 rings (SSSR count). The van der Waals surface area contributed by atoms with Crippen LogP contribution in [0.25, 0.3) is 11.5 Å². The summed E-state index contributed by atoms with van der Waals surface area (Å²) in [4.78, 5) is 25.2. The number of hydrogen-bond acceptors (Lipinski definition) is 7. The fourth-order valence-corrected chi connectivity index (χ4v) is 3.53. The molecule has 0 saturated carbocycles. The molecule has 0 saturated heterocycles. The van der Waals surface area contributed by atoms with E-state index in [0.717, 1.165) is 6.20 Å². The molecule has 12 heteroatoms. The van der Waals surface area contributed by atoms with Crippen LogP contribution in [0, 0.1) is 25.5 Å². The zero-order chi connectivity index (χ0) is 25.5. The Morgan fingerprint density at radius 1 is 1.20 bits per heavy atom. The van der Waals surface area contributed by atoms with Gasteiger partial charge in [0.15, 0.2) is 17.5 Å². The molecular formula is C23H21ClF2N6O3. The number of rotatable bonds is 6. The van der Waals surface area contributed by atoms with Crippen molar-refractivity contribution >= 4 is 11.6 Å². The van der Waals surface area contributed by atoms with Gasteiger partial charge in [-0.15, -0.1) is 0 Å². The van der Waals surface area contributed by atoms with Crippen LogP contribution in [0.4, 0.5) is 8.78 Å². The molecule has 0 atom stereocenters. The maximum atomic E-state index is 13.9. The van der Waals surface area contributed by atoms with Crippen molar-refractivity contribution in [3.05, 3.63) is 86.7 Å². The zero-order valence-electron chi connectivity index (χ0n) is 19.3. The molecule has 182 valence electrons. The van der Waals surface area contributed by atoms with E-state index >= 15 is 0 Å². The highest BCUT2D eigenvalue weighted by molar-refractivity contribution is 6.31. The fraction of sp³-hybridized carbons (Fsp3) is 0.261. The maximum Gasteiger partial charge on any atom is 0.278 e. The fourth-order valence-electron chi connectivity index (χ4n) is 3.34. The number of hydrogen-bond donors (Lipinski definition) is 1. The normalized spacial score (nSPS) is 11.7. The molecule has 0 bridgehead atoms. The molecule has 0 radical (unpaired) electrons. The van der Waals surface area contributed by atoms with Crippen molar-refractivity contribution < 1.29 is 18.6 Å². The first kappa shape index (κ1) is 24.4. The van der Waals surface area contributed by atoms with Crippen molar-refractivity contribution in [3.63, 3.8) is 0 Å². The predicted octanol–water partition coefficient (Wildman–Crippen LogP) is 3.56. The number of aliphatic hydroxyl groups is 1. The van der Waals surface area contributed by atoms with Gasteiger partial charge in [-0.25, -0.2) is 23.4 Å². The zero-order valence-corrected chi connectivity index (χ0v) is 20.0. The number of pyridine rings is 2. The highest BCUT2D eigenvalue weighted by Crippen LogP contribution is 2.26. The maximum absolute atomic E-state index is 13.9. The molecule has 4 aromatic heterocycles. The molecule has 0 aromatic carbocycles. The summed E-state index contributed by atoms with van der Waals surface area (Å²) in [7, 11) is 0. The predicted molar refractivity (Wildman–Crippen MR) is 123 cm³/mol. The second-order valence-corrected chi connectivity index (χ2v) is 8.69. The van der Waals surface area contributed by atoms with Crippen LogP contribution in [0.1, 0.15) is 36.8 Å². The number of ether oxygens (including phenoxy) is 1. The van der Waals surface area contributed by atoms with Crippen molar-refractivity contribution in [2.45, 2.75) is 39.9 Å². The topological polar surface area (TPSA) is 108 Å². The first-order valence-electron chi connectivity index (χ1n) is 10.4. The van der Waals surface area contributed by atoms with Crippen LogP contribution < -0.4 is 10.3 Å². The van der Waals surface area contributed by atoms with Crippen molar-refractivity contribution in [2.24, 2.45) is 0 Å². The lowest BCUT2D eigenvalue weighted by Crippen LogP contribution is -2.22. The Morgan fingerprint density at radius 3 is 2.63 bits per heavy atom. The number of halogens is 3. The molecule has 4 aromatic rings. The van der Waals surface area contributed by atoms with Gasteiger partial charge < -0.3 is 9.84 Å². The van der Waals surface area contributed by atoms with E-state index in [4.69, 9.17) is 16.3 Å². The van der Waals surface area contributed by atoms with Crippen LogP contribution in [0.3, 0.4) is 0 Å². The summed E-state index contributed by atoms with van der Waals surface area (Å²) in [5.41, 5.74) is -0.501. The Balaban J connectivity index is 1.68. The Bertz CT molecular complexity index is 1480. The number of nitrogens with zero attached hydrogens (tertiary/aromatic N) is 6. The second-order valence-electron chi connectivity index (χ2n) is 8.32. The van der Waals surface area contributed by atoms with Crippen molar-refractivity contribution in [2.75, 3.05) is 0 Å². The summed E-state index contributed by atoms with van der Waals surface area (Å²) < 4.78 is 35.3. The standard InChI is InChI=1S/C23H21ClF2N6O3/c1-12-7-18(35-11-16-15(26)8-14(25)9-28-16)20(24)21(33)32(12)17-10-31(30-13(17)2)19-5-6-27-22(29-19)23(3,4)34/h5-10,34H,11H2,1-4H3. The van der Waals surface area contributed by atoms with Gasteiger partial charge in [0.2, 0.25) is 0 Å². The highest BCUT2D eigenvalue weighted by Gasteiger charge is 2.22. The summed E-state index contributed by atoms with van der Waals surface area (Å²) in [6.07, 6.45) is 3.98. The quantitative estimate of drug-likeness (QED) is 0.429. The van der Waals surface area contributed by atoms with Gasteiger partial charge in [0.05, 0.1) is 23.8 Å². The van der Waals surface area contributed by atoms with E-state index < -0.39 is 22.8 Å². The first-order valence-corrected chi connectivity index (χ1v) is 10.8. The summed E-state index contributed by atoms with van der Waals surface area (Å²) in [6, 6.07) is 3.84. The average Bonchev–Trinajstić information content (AvgIpc) is 3.17. The Morgan fingerprint density at radius 2 is 1.94 bits per heavy atom. The van der Waals surface area contributed by atoms with E-state index in [1.54, 1.807) is 40.0 Å². The summed E-state index contributed by atoms with van der Waals surface area (Å²) >= 11 is 6.29. The van der Waals surface area contributed by atoms with E-state index in [2.05, 4.69) is 20.1 Å². The largest absolute Gasteiger partial charge is 0.485 e. The third-order valence-corrected chi connectivity index (χ3v) is 5.43. The molecule has 0 aliphatic rings. The lowest BCUT2D eigenvalue weighted by atomic mass is 10.1. The smallest absolute Gasteiger partial charge is 0.278 e. The van der Waals surface area contributed by atoms with E-state index in [0.29, 0.717) is 29.0 Å². The molecule has 0 aliphatic carbocycles. The van der Waals surface area contributed by atoms with Crippen LogP contribution >= 0.6 is 11.6 Å². The van der Waals surface area contributed by atoms with Crippen molar-refractivity contribution in [1.29, 1.82) is 0 Å². The molecule has 0 fully saturated rings. The van der Waals surface area contributed by atoms with Crippen LogP contribution in [0.2, 0.25) is 5.02 Å². The first-order chi connectivity index (χ1) is 16.5. The van der Waals surface area contributed by atoms with Gasteiger partial charge in [0, 0.05) is 30.1 Å². The summed E-state index contributed by atoms with van der Waals surface area (Å²) in [5, 5.41) is 14.4. The molecule has 0 spiro atoms. The molecule has 0 amide bonds. The Hall–Kier alpha value is -3.70. The van der Waals surface area contributed by atoms with E-state index in [-0.39, 0.29) is 28.9 Å². The van der Waals surface area contributed by atoms with Gasteiger partial charge in [-0.3, -0.25) is 14.3 Å². The summed E-state index contributed by atoms with van der Waals surface area (Å²) in [5.74, 6) is -1.03. The molecule has 4 heterocycles. The van der Waals surface area contributed by atoms with Gasteiger partial charge in [-0.05, 0) is 27.7 Å². The SMILES string of the molecule is Cc1nn(-c2ccnc(C(C)(C)O)n2)cc1-n1c(C)cc(OCc2ncc(F)cc2F)c(Cl)c1=O. The van der Waals surface area contributed by atoms with Gasteiger partial charge >= 0.3 is 0 Å². The van der Waals surface area contributed by atoms with Gasteiger partial charge in [-0.1, -0.05) is 11.6 Å². The average molecular weight is 503 g/mol. The minimum Gasteiger partial charge on any atom is -0.485 e. The molecule has 0 aliphatic heterocycles. The van der Waals surface area contributed by atoms with Crippen LogP contribution in [0.5, 0.6) is 5.75 Å². The van der Waals surface area contributed by atoms with Crippen molar-refractivity contribution in [1.82, 2.24) is 29.3 Å². The van der Waals surface area contributed by atoms with Crippen LogP contribution in [-0.4, -0.2) is 34.4 Å². The van der Waals surface area contributed by atoms with Gasteiger partial charge in [-0.2, -0.15) is 5.10 Å². The van der Waals surface area contributed by atoms with Crippen LogP contribution in [0.15, 0.2) is 41.6 Å². The molecule has 1 N–H and O–H groups in total. The lowest BCUT2D eigenvalue weighted by Gasteiger charge is -2.15. The second kappa shape index (κ2) is 9.16. The Labute approximate surface area is 203 Å². The highest BCUT2D eigenvalue weighted by atomic mass is 35.5. The number of aromatic nitrogens is 6. The van der Waals surface area contributed by atoms with E-state index in [1.165, 1.54) is 21.5 Å². The monoisotopic (exact) mass is 502 g/mol. The molecule has 0 unspecified atom stereocenters. The van der Waals surface area contributed by atoms with E-state index in [1.807, 2.05) is 0 Å². The summed E-state index contributed by atoms with van der Waals surface area (Å²) in [6.45, 7) is 6.19. The lowest BCUT2D eigenvalue weighted by molar-refractivity contribution is 0.0686. The third-order valence-electron chi connectivity index (χ3n) is 5.08. The Kier molecular flexibility index (Phi) is 6.39. The van der Waals surface area contributed by atoms with Crippen LogP contribution in [-0.2, 0) is 12.2 Å². The number of aryl methyl sites for hydroxylation is 2. The van der Waals surface area contributed by atoms with Gasteiger partial charge in [0.25, 0.3) is 5.56 Å². The van der Waals surface area contributed by atoms with Gasteiger partial charge in [0.1, 0.15) is 34.5 Å². The molecular weight excluding hydrogens is 482 g/mol. The third kappa shape index (κ3) is 4.91. The minimum absolute atomic E-state index is 0.0339. The minimum atomic E-state index is -1.25. The van der Waals surface area contributed by atoms with Crippen molar-refractivity contribution in [3.8, 4) is 17.3 Å².